The molecule has 1 aromatic carbocycles. The maximum absolute atomic E-state index is 12.9. The third-order valence-electron chi connectivity index (χ3n) is 6.17. The summed E-state index contributed by atoms with van der Waals surface area (Å²) < 4.78 is 0. The molecule has 0 saturated carbocycles. The van der Waals surface area contributed by atoms with Gasteiger partial charge in [-0.15, -0.1) is 11.3 Å². The first-order chi connectivity index (χ1) is 15.6. The predicted molar refractivity (Wildman–Crippen MR) is 132 cm³/mol. The number of hydrogen-bond donors (Lipinski definition) is 4. The average Bonchev–Trinajstić information content (AvgIpc) is 3.16. The lowest BCUT2D eigenvalue weighted by Gasteiger charge is -2.31. The van der Waals surface area contributed by atoms with Crippen molar-refractivity contribution in [1.29, 1.82) is 0 Å². The first kappa shape index (κ1) is 22.5. The molecule has 1 aliphatic heterocycles. The van der Waals surface area contributed by atoms with Crippen molar-refractivity contribution in [1.82, 2.24) is 15.6 Å². The second-order valence-electron chi connectivity index (χ2n) is 8.25. The monoisotopic (exact) mass is 453 g/mol. The zero-order chi connectivity index (χ0) is 22.7. The molecule has 32 heavy (non-hydrogen) atoms. The molecule has 8 heteroatoms. The molecule has 7 nitrogen and oxygen atoms in total. The molecule has 0 bridgehead atoms. The summed E-state index contributed by atoms with van der Waals surface area (Å²) in [6.45, 7) is 6.15. The second kappa shape index (κ2) is 9.85. The molecule has 0 radical (unpaired) electrons. The number of aromatic nitrogens is 1. The van der Waals surface area contributed by atoms with Gasteiger partial charge >= 0.3 is 0 Å². The van der Waals surface area contributed by atoms with Gasteiger partial charge in [0.15, 0.2) is 0 Å². The van der Waals surface area contributed by atoms with Crippen LogP contribution in [-0.2, 0) is 12.8 Å². The van der Waals surface area contributed by atoms with E-state index in [1.54, 1.807) is 0 Å². The van der Waals surface area contributed by atoms with Crippen molar-refractivity contribution >= 4 is 38.8 Å². The number of benzene rings is 1. The Morgan fingerprint density at radius 1 is 1.22 bits per heavy atom. The SMILES string of the molecule is CO.Cc1ccc2c(N)c(C(=O)NC3CCc4cc(N5CCNCC5)ccc4C3)sc2n1. The average molecular weight is 454 g/mol. The minimum absolute atomic E-state index is 0.0842. The number of aliphatic hydroxyl groups is 1. The highest BCUT2D eigenvalue weighted by molar-refractivity contribution is 7.21. The molecule has 3 heterocycles. The van der Waals surface area contributed by atoms with Crippen molar-refractivity contribution in [3.63, 3.8) is 0 Å². The molecular formula is C24H31N5O2S. The first-order valence-corrected chi connectivity index (χ1v) is 11.9. The summed E-state index contributed by atoms with van der Waals surface area (Å²) in [7, 11) is 1.00. The van der Waals surface area contributed by atoms with E-state index >= 15 is 0 Å². The summed E-state index contributed by atoms with van der Waals surface area (Å²) in [6.07, 6.45) is 2.81. The zero-order valence-electron chi connectivity index (χ0n) is 18.6. The van der Waals surface area contributed by atoms with Crippen LogP contribution in [0.5, 0.6) is 0 Å². The van der Waals surface area contributed by atoms with Crippen LogP contribution in [0.4, 0.5) is 11.4 Å². The van der Waals surface area contributed by atoms with Crippen molar-refractivity contribution in [2.24, 2.45) is 0 Å². The topological polar surface area (TPSA) is 104 Å². The van der Waals surface area contributed by atoms with Crippen LogP contribution in [0.15, 0.2) is 30.3 Å². The van der Waals surface area contributed by atoms with Crippen LogP contribution in [0.3, 0.4) is 0 Å². The molecule has 1 amide bonds. The van der Waals surface area contributed by atoms with Gasteiger partial charge in [-0.25, -0.2) is 4.98 Å². The molecular weight excluding hydrogens is 422 g/mol. The van der Waals surface area contributed by atoms with Gasteiger partial charge in [0.2, 0.25) is 0 Å². The number of carbonyl (C=O) groups is 1. The van der Waals surface area contributed by atoms with E-state index in [0.717, 1.165) is 68.5 Å². The number of carbonyl (C=O) groups excluding carboxylic acids is 1. The lowest BCUT2D eigenvalue weighted by atomic mass is 9.87. The summed E-state index contributed by atoms with van der Waals surface area (Å²) in [5, 5.41) is 14.5. The lowest BCUT2D eigenvalue weighted by molar-refractivity contribution is 0.0938. The summed E-state index contributed by atoms with van der Waals surface area (Å²) in [4.78, 5) is 21.3. The van der Waals surface area contributed by atoms with Crippen molar-refractivity contribution in [2.75, 3.05) is 43.9 Å². The van der Waals surface area contributed by atoms with E-state index < -0.39 is 0 Å². The molecule has 1 saturated heterocycles. The highest BCUT2D eigenvalue weighted by Crippen LogP contribution is 2.33. The molecule has 2 aromatic heterocycles. The number of aliphatic hydroxyl groups excluding tert-OH is 1. The fourth-order valence-corrected chi connectivity index (χ4v) is 5.54. The van der Waals surface area contributed by atoms with Gasteiger partial charge in [-0.2, -0.15) is 0 Å². The van der Waals surface area contributed by atoms with E-state index in [0.29, 0.717) is 10.6 Å². The van der Waals surface area contributed by atoms with Crippen LogP contribution in [0, 0.1) is 6.92 Å². The number of nitrogens with two attached hydrogens (primary N) is 1. The van der Waals surface area contributed by atoms with Gasteiger partial charge in [0.1, 0.15) is 9.71 Å². The molecule has 1 aliphatic carbocycles. The Bertz CT molecular complexity index is 1110. The number of anilines is 2. The Hall–Kier alpha value is -2.68. The van der Waals surface area contributed by atoms with Gasteiger partial charge in [-0.1, -0.05) is 6.07 Å². The number of fused-ring (bicyclic) bond motifs is 2. The fourth-order valence-electron chi connectivity index (χ4n) is 4.49. The first-order valence-electron chi connectivity index (χ1n) is 11.1. The second-order valence-corrected chi connectivity index (χ2v) is 9.25. The molecule has 3 aromatic rings. The Morgan fingerprint density at radius 2 is 2.00 bits per heavy atom. The van der Waals surface area contributed by atoms with E-state index in [1.807, 2.05) is 19.1 Å². The van der Waals surface area contributed by atoms with Crippen LogP contribution >= 0.6 is 11.3 Å². The number of pyridine rings is 1. The molecule has 5 N–H and O–H groups in total. The number of nitrogens with zero attached hydrogens (tertiary/aromatic N) is 2. The van der Waals surface area contributed by atoms with Crippen LogP contribution in [-0.4, -0.2) is 55.3 Å². The molecule has 170 valence electrons. The van der Waals surface area contributed by atoms with Gasteiger partial charge < -0.3 is 26.4 Å². The quantitative estimate of drug-likeness (QED) is 0.486. The standard InChI is InChI=1S/C23H27N5OS.CH4O/c1-14-2-7-19-20(24)21(30-23(19)26-14)22(29)27-17-5-3-16-13-18(6-4-15(16)12-17)28-10-8-25-9-11-28;1-2/h2,4,6-7,13,17,25H,3,5,8-12,24H2,1H3,(H,27,29);2H,1H3. The van der Waals surface area contributed by atoms with Crippen molar-refractivity contribution in [2.45, 2.75) is 32.2 Å². The molecule has 1 fully saturated rings. The smallest absolute Gasteiger partial charge is 0.263 e. The number of hydrogen-bond acceptors (Lipinski definition) is 7. The van der Waals surface area contributed by atoms with Crippen molar-refractivity contribution < 1.29 is 9.90 Å². The molecule has 5 rings (SSSR count). The van der Waals surface area contributed by atoms with Crippen molar-refractivity contribution in [3.05, 3.63) is 52.0 Å². The number of piperazine rings is 1. The van der Waals surface area contributed by atoms with Crippen LogP contribution in [0.2, 0.25) is 0 Å². The number of aryl methyl sites for hydroxylation is 2. The van der Waals surface area contributed by atoms with Gasteiger partial charge in [-0.3, -0.25) is 4.79 Å². The number of nitrogens with one attached hydrogen (secondary N) is 2. The van der Waals surface area contributed by atoms with Crippen LogP contribution < -0.4 is 21.3 Å². The number of amides is 1. The summed E-state index contributed by atoms with van der Waals surface area (Å²) in [6, 6.07) is 10.8. The summed E-state index contributed by atoms with van der Waals surface area (Å²) >= 11 is 1.38. The molecule has 1 unspecified atom stereocenters. The maximum atomic E-state index is 12.9. The third kappa shape index (κ3) is 4.57. The Balaban J connectivity index is 0.00000119. The number of nitrogen functional groups attached to an aromatic ring is 1. The third-order valence-corrected chi connectivity index (χ3v) is 7.29. The highest BCUT2D eigenvalue weighted by Gasteiger charge is 2.24. The van der Waals surface area contributed by atoms with Gasteiger partial charge in [0.05, 0.1) is 5.69 Å². The van der Waals surface area contributed by atoms with Crippen LogP contribution in [0.1, 0.15) is 32.9 Å². The van der Waals surface area contributed by atoms with E-state index in [-0.39, 0.29) is 11.9 Å². The van der Waals surface area contributed by atoms with Gasteiger partial charge in [0.25, 0.3) is 5.91 Å². The lowest BCUT2D eigenvalue weighted by Crippen LogP contribution is -2.43. The van der Waals surface area contributed by atoms with Gasteiger partial charge in [-0.05, 0) is 61.6 Å². The fraction of sp³-hybridized carbons (Fsp3) is 0.417. The molecule has 1 atom stereocenters. The zero-order valence-corrected chi connectivity index (χ0v) is 19.5. The minimum Gasteiger partial charge on any atom is -0.400 e. The van der Waals surface area contributed by atoms with Crippen LogP contribution in [0.25, 0.3) is 10.2 Å². The minimum atomic E-state index is -0.0842. The highest BCUT2D eigenvalue weighted by atomic mass is 32.1. The van der Waals surface area contributed by atoms with Crippen molar-refractivity contribution in [3.8, 4) is 0 Å². The van der Waals surface area contributed by atoms with Gasteiger partial charge in [0, 0.05) is 56.1 Å². The Morgan fingerprint density at radius 3 is 2.78 bits per heavy atom. The van der Waals surface area contributed by atoms with E-state index in [1.165, 1.54) is 28.2 Å². The molecule has 0 spiro atoms. The predicted octanol–water partition coefficient (Wildman–Crippen LogP) is 2.49. The maximum Gasteiger partial charge on any atom is 0.263 e. The molecule has 2 aliphatic rings. The normalized spacial score (nSPS) is 18.0. The van der Waals surface area contributed by atoms with E-state index in [4.69, 9.17) is 10.8 Å². The Labute approximate surface area is 192 Å². The number of thiophene rings is 1. The van der Waals surface area contributed by atoms with E-state index in [2.05, 4.69) is 38.7 Å². The summed E-state index contributed by atoms with van der Waals surface area (Å²) in [5.74, 6) is -0.0842. The Kier molecular flexibility index (Phi) is 6.93. The summed E-state index contributed by atoms with van der Waals surface area (Å²) in [5.41, 5.74) is 11.8. The number of rotatable bonds is 3. The largest absolute Gasteiger partial charge is 0.400 e. The van der Waals surface area contributed by atoms with E-state index in [9.17, 15) is 4.79 Å².